The van der Waals surface area contributed by atoms with E-state index in [1.165, 1.54) is 0 Å². The second kappa shape index (κ2) is 3.05. The normalized spacial score (nSPS) is 10.8. The Morgan fingerprint density at radius 2 is 2.31 bits per heavy atom. The minimum absolute atomic E-state index is 0.429. The second-order valence-corrected chi connectivity index (χ2v) is 2.91. The molecule has 0 atom stereocenters. The van der Waals surface area contributed by atoms with Crippen LogP contribution in [0.2, 0.25) is 0 Å². The molecular formula is C9H11N3O. The Labute approximate surface area is 75.8 Å². The quantitative estimate of drug-likeness (QED) is 0.759. The third-order valence-corrected chi connectivity index (χ3v) is 1.85. The largest absolute Gasteiger partial charge is 0.459 e. The van der Waals surface area contributed by atoms with E-state index in [1.807, 2.05) is 0 Å². The molecule has 0 saturated heterocycles. The standard InChI is InChI=1S/C9H11N3O/c1-2-3-7-11-6-4-5-13-8(6)9(10)12-7/h4-5H,2-3H2,1H3,(H2,10,11,12). The Balaban J connectivity index is 2.56. The van der Waals surface area contributed by atoms with Crippen LogP contribution in [0.15, 0.2) is 16.7 Å². The van der Waals surface area contributed by atoms with Crippen LogP contribution < -0.4 is 5.73 Å². The highest BCUT2D eigenvalue weighted by molar-refractivity contribution is 5.81. The van der Waals surface area contributed by atoms with Gasteiger partial charge in [-0.3, -0.25) is 0 Å². The molecule has 0 aliphatic rings. The molecule has 0 saturated carbocycles. The maximum atomic E-state index is 5.69. The van der Waals surface area contributed by atoms with Gasteiger partial charge in [-0.15, -0.1) is 0 Å². The fourth-order valence-corrected chi connectivity index (χ4v) is 1.27. The Morgan fingerprint density at radius 1 is 1.46 bits per heavy atom. The van der Waals surface area contributed by atoms with Gasteiger partial charge in [0.2, 0.25) is 0 Å². The van der Waals surface area contributed by atoms with E-state index in [1.54, 1.807) is 12.3 Å². The average Bonchev–Trinajstić information content (AvgIpc) is 2.53. The number of nitrogen functional groups attached to an aromatic ring is 1. The maximum Gasteiger partial charge on any atom is 0.194 e. The number of furan rings is 1. The van der Waals surface area contributed by atoms with E-state index in [0.29, 0.717) is 11.4 Å². The number of nitrogens with two attached hydrogens (primary N) is 1. The summed E-state index contributed by atoms with van der Waals surface area (Å²) < 4.78 is 5.13. The second-order valence-electron chi connectivity index (χ2n) is 2.91. The first-order chi connectivity index (χ1) is 6.31. The summed E-state index contributed by atoms with van der Waals surface area (Å²) in [6, 6.07) is 1.80. The van der Waals surface area contributed by atoms with Crippen LogP contribution in [0, 0.1) is 0 Å². The number of hydrogen-bond donors (Lipinski definition) is 1. The zero-order chi connectivity index (χ0) is 9.26. The predicted octanol–water partition coefficient (Wildman–Crippen LogP) is 1.76. The van der Waals surface area contributed by atoms with E-state index < -0.39 is 0 Å². The summed E-state index contributed by atoms with van der Waals surface area (Å²) >= 11 is 0. The van der Waals surface area contributed by atoms with Crippen LogP contribution in [-0.4, -0.2) is 9.97 Å². The highest BCUT2D eigenvalue weighted by Crippen LogP contribution is 2.18. The highest BCUT2D eigenvalue weighted by Gasteiger charge is 2.06. The van der Waals surface area contributed by atoms with E-state index in [2.05, 4.69) is 16.9 Å². The van der Waals surface area contributed by atoms with Gasteiger partial charge < -0.3 is 10.2 Å². The van der Waals surface area contributed by atoms with Gasteiger partial charge in [0.15, 0.2) is 11.4 Å². The third-order valence-electron chi connectivity index (χ3n) is 1.85. The van der Waals surface area contributed by atoms with Crippen molar-refractivity contribution in [1.82, 2.24) is 9.97 Å². The molecule has 2 rings (SSSR count). The van der Waals surface area contributed by atoms with Gasteiger partial charge in [-0.25, -0.2) is 9.97 Å². The molecule has 0 aromatic carbocycles. The van der Waals surface area contributed by atoms with Gasteiger partial charge in [0.25, 0.3) is 0 Å². The number of hydrogen-bond acceptors (Lipinski definition) is 4. The summed E-state index contributed by atoms with van der Waals surface area (Å²) in [6.45, 7) is 2.08. The zero-order valence-corrected chi connectivity index (χ0v) is 7.45. The van der Waals surface area contributed by atoms with Crippen molar-refractivity contribution < 1.29 is 4.42 Å². The van der Waals surface area contributed by atoms with Crippen molar-refractivity contribution in [1.29, 1.82) is 0 Å². The van der Waals surface area contributed by atoms with Crippen LogP contribution in [-0.2, 0) is 6.42 Å². The lowest BCUT2D eigenvalue weighted by Crippen LogP contribution is -1.99. The van der Waals surface area contributed by atoms with Crippen LogP contribution >= 0.6 is 0 Å². The smallest absolute Gasteiger partial charge is 0.194 e. The lowest BCUT2D eigenvalue weighted by molar-refractivity contribution is 0.614. The van der Waals surface area contributed by atoms with Gasteiger partial charge in [-0.2, -0.15) is 0 Å². The molecule has 0 spiro atoms. The van der Waals surface area contributed by atoms with Crippen LogP contribution in [0.4, 0.5) is 5.82 Å². The Morgan fingerprint density at radius 3 is 3.08 bits per heavy atom. The summed E-state index contributed by atoms with van der Waals surface area (Å²) in [6.07, 6.45) is 3.44. The minimum Gasteiger partial charge on any atom is -0.459 e. The number of rotatable bonds is 2. The summed E-state index contributed by atoms with van der Waals surface area (Å²) in [5.41, 5.74) is 7.06. The lowest BCUT2D eigenvalue weighted by Gasteiger charge is -1.98. The van der Waals surface area contributed by atoms with Gasteiger partial charge in [0, 0.05) is 12.5 Å². The van der Waals surface area contributed by atoms with E-state index in [4.69, 9.17) is 10.2 Å². The predicted molar refractivity (Wildman–Crippen MR) is 50.2 cm³/mol. The first-order valence-electron chi connectivity index (χ1n) is 4.31. The summed E-state index contributed by atoms with van der Waals surface area (Å²) in [7, 11) is 0. The number of nitrogens with zero attached hydrogens (tertiary/aromatic N) is 2. The van der Waals surface area contributed by atoms with Gasteiger partial charge in [0.05, 0.1) is 6.26 Å². The molecule has 13 heavy (non-hydrogen) atoms. The third kappa shape index (κ3) is 1.35. The summed E-state index contributed by atoms with van der Waals surface area (Å²) in [5, 5.41) is 0. The van der Waals surface area contributed by atoms with Crippen LogP contribution in [0.25, 0.3) is 11.1 Å². The zero-order valence-electron chi connectivity index (χ0n) is 7.45. The van der Waals surface area contributed by atoms with E-state index in [0.717, 1.165) is 24.2 Å². The van der Waals surface area contributed by atoms with Crippen molar-refractivity contribution >= 4 is 16.9 Å². The van der Waals surface area contributed by atoms with Crippen LogP contribution in [0.5, 0.6) is 0 Å². The molecule has 2 aromatic rings. The minimum atomic E-state index is 0.429. The molecule has 0 unspecified atom stereocenters. The van der Waals surface area contributed by atoms with E-state index >= 15 is 0 Å². The SMILES string of the molecule is CCCc1nc(N)c2occc2n1. The molecule has 0 aliphatic heterocycles. The van der Waals surface area contributed by atoms with Crippen molar-refractivity contribution in [2.24, 2.45) is 0 Å². The number of aryl methyl sites for hydroxylation is 1. The topological polar surface area (TPSA) is 64.9 Å². The van der Waals surface area contributed by atoms with Gasteiger partial charge in [0.1, 0.15) is 11.3 Å². The van der Waals surface area contributed by atoms with Crippen molar-refractivity contribution in [2.45, 2.75) is 19.8 Å². The van der Waals surface area contributed by atoms with Crippen molar-refractivity contribution in [3.8, 4) is 0 Å². The molecule has 0 amide bonds. The number of anilines is 1. The molecule has 0 aliphatic carbocycles. The lowest BCUT2D eigenvalue weighted by atomic mass is 10.3. The van der Waals surface area contributed by atoms with Crippen molar-refractivity contribution in [2.75, 3.05) is 5.73 Å². The molecule has 68 valence electrons. The fourth-order valence-electron chi connectivity index (χ4n) is 1.27. The molecule has 2 N–H and O–H groups in total. The molecule has 0 bridgehead atoms. The highest BCUT2D eigenvalue weighted by atomic mass is 16.3. The van der Waals surface area contributed by atoms with E-state index in [9.17, 15) is 0 Å². The van der Waals surface area contributed by atoms with Crippen molar-refractivity contribution in [3.63, 3.8) is 0 Å². The van der Waals surface area contributed by atoms with E-state index in [-0.39, 0.29) is 0 Å². The molecule has 4 heteroatoms. The van der Waals surface area contributed by atoms with Gasteiger partial charge >= 0.3 is 0 Å². The Kier molecular flexibility index (Phi) is 1.88. The maximum absolute atomic E-state index is 5.69. The molecule has 2 aromatic heterocycles. The van der Waals surface area contributed by atoms with Crippen LogP contribution in [0.1, 0.15) is 19.2 Å². The molecule has 2 heterocycles. The van der Waals surface area contributed by atoms with Gasteiger partial charge in [-0.1, -0.05) is 6.92 Å². The monoisotopic (exact) mass is 177 g/mol. The summed E-state index contributed by atoms with van der Waals surface area (Å²) in [4.78, 5) is 8.44. The van der Waals surface area contributed by atoms with Crippen LogP contribution in [0.3, 0.4) is 0 Å². The number of aromatic nitrogens is 2. The fraction of sp³-hybridized carbons (Fsp3) is 0.333. The molecule has 0 fully saturated rings. The average molecular weight is 177 g/mol. The first kappa shape index (κ1) is 8.04. The first-order valence-corrected chi connectivity index (χ1v) is 4.31. The number of fused-ring (bicyclic) bond motifs is 1. The molecule has 0 radical (unpaired) electrons. The summed E-state index contributed by atoms with van der Waals surface area (Å²) in [5.74, 6) is 1.22. The molecular weight excluding hydrogens is 166 g/mol. The Bertz CT molecular complexity index is 422. The van der Waals surface area contributed by atoms with Crippen molar-refractivity contribution in [3.05, 3.63) is 18.2 Å². The van der Waals surface area contributed by atoms with Gasteiger partial charge in [-0.05, 0) is 6.42 Å². The Hall–Kier alpha value is -1.58. The molecule has 4 nitrogen and oxygen atoms in total.